The Hall–Kier alpha value is -9.69. The Kier molecular flexibility index (Phi) is 13.9. The maximum Gasteiger partial charge on any atom is 0.0998 e. The minimum atomic E-state index is 0.622. The van der Waals surface area contributed by atoms with E-state index in [1.54, 1.807) is 0 Å². The van der Waals surface area contributed by atoms with E-state index in [-0.39, 0.29) is 0 Å². The fraction of sp³-hybridized carbons (Fsp3) is 0. The molecule has 71 heavy (non-hydrogen) atoms. The van der Waals surface area contributed by atoms with E-state index < -0.39 is 0 Å². The van der Waals surface area contributed by atoms with Crippen molar-refractivity contribution in [2.24, 2.45) is 0 Å². The average Bonchev–Trinajstić information content (AvgIpc) is 3.45. The van der Waals surface area contributed by atoms with E-state index in [1.807, 2.05) is 60.7 Å². The van der Waals surface area contributed by atoms with Crippen molar-refractivity contribution in [2.75, 3.05) is 14.7 Å². The topological polar surface area (TPSA) is 33.5 Å². The van der Waals surface area contributed by atoms with E-state index in [4.69, 9.17) is 0 Å². The molecule has 10 aromatic rings. The van der Waals surface area contributed by atoms with Gasteiger partial charge in [0.25, 0.3) is 0 Å². The van der Waals surface area contributed by atoms with E-state index in [0.717, 1.165) is 84.6 Å². The van der Waals surface area contributed by atoms with Crippen molar-refractivity contribution < 1.29 is 0 Å². The Bertz CT molecular complexity index is 3140. The zero-order valence-corrected chi connectivity index (χ0v) is 39.2. The molecular formula is C67H50N4. The molecule has 0 fully saturated rings. The fourth-order valence-corrected chi connectivity index (χ4v) is 8.66. The molecule has 0 radical (unpaired) electrons. The molecule has 10 aromatic carbocycles. The van der Waals surface area contributed by atoms with Gasteiger partial charge in [0.15, 0.2) is 0 Å². The number of allylic oxidation sites excluding steroid dienone is 1. The molecular weight excluding hydrogens is 861 g/mol. The zero-order chi connectivity index (χ0) is 48.0. The lowest BCUT2D eigenvalue weighted by Crippen LogP contribution is -2.09. The van der Waals surface area contributed by atoms with Crippen molar-refractivity contribution >= 4 is 87.1 Å². The second-order valence-corrected chi connectivity index (χ2v) is 17.0. The number of hydrogen-bond donors (Lipinski definition) is 0. The van der Waals surface area contributed by atoms with E-state index in [9.17, 15) is 5.26 Å². The lowest BCUT2D eigenvalue weighted by molar-refractivity contribution is 1.28. The van der Waals surface area contributed by atoms with Gasteiger partial charge in [-0.1, -0.05) is 188 Å². The molecule has 4 nitrogen and oxygen atoms in total. The average molecular weight is 911 g/mol. The van der Waals surface area contributed by atoms with Crippen LogP contribution in [0.4, 0.5) is 51.2 Å². The molecule has 0 aliphatic rings. The highest BCUT2D eigenvalue weighted by atomic mass is 15.2. The van der Waals surface area contributed by atoms with Gasteiger partial charge in [-0.3, -0.25) is 0 Å². The Balaban J connectivity index is 0.892. The number of nitriles is 1. The van der Waals surface area contributed by atoms with E-state index >= 15 is 0 Å². The molecule has 0 spiro atoms. The van der Waals surface area contributed by atoms with Gasteiger partial charge in [-0.15, -0.1) is 0 Å². The van der Waals surface area contributed by atoms with Crippen LogP contribution in [0.2, 0.25) is 0 Å². The second-order valence-electron chi connectivity index (χ2n) is 17.0. The van der Waals surface area contributed by atoms with E-state index in [2.05, 4.69) is 263 Å². The number of benzene rings is 10. The highest BCUT2D eigenvalue weighted by Gasteiger charge is 2.15. The maximum absolute atomic E-state index is 10.0. The van der Waals surface area contributed by atoms with E-state index in [0.29, 0.717) is 5.57 Å². The van der Waals surface area contributed by atoms with Crippen LogP contribution in [0.1, 0.15) is 33.4 Å². The first-order valence-electron chi connectivity index (χ1n) is 23.8. The van der Waals surface area contributed by atoms with Crippen molar-refractivity contribution in [1.82, 2.24) is 0 Å². The zero-order valence-electron chi connectivity index (χ0n) is 39.2. The molecule has 0 aliphatic carbocycles. The quantitative estimate of drug-likeness (QED) is 0.0758. The van der Waals surface area contributed by atoms with Gasteiger partial charge in [-0.25, -0.2) is 0 Å². The van der Waals surface area contributed by atoms with Crippen LogP contribution in [0.3, 0.4) is 0 Å². The minimum Gasteiger partial charge on any atom is -0.311 e. The van der Waals surface area contributed by atoms with Crippen LogP contribution in [0.25, 0.3) is 36.0 Å². The lowest BCUT2D eigenvalue weighted by atomic mass is 10.0. The molecule has 0 unspecified atom stereocenters. The molecule has 0 saturated heterocycles. The molecule has 338 valence electrons. The van der Waals surface area contributed by atoms with Crippen LogP contribution in [0.5, 0.6) is 0 Å². The Morgan fingerprint density at radius 2 is 0.465 bits per heavy atom. The molecule has 0 aliphatic heterocycles. The van der Waals surface area contributed by atoms with Crippen LogP contribution in [-0.4, -0.2) is 0 Å². The second kappa shape index (κ2) is 22.0. The predicted molar refractivity (Wildman–Crippen MR) is 301 cm³/mol. The van der Waals surface area contributed by atoms with Crippen LogP contribution in [0, 0.1) is 11.3 Å². The van der Waals surface area contributed by atoms with Crippen LogP contribution in [0.15, 0.2) is 273 Å². The lowest BCUT2D eigenvalue weighted by Gasteiger charge is -2.26. The van der Waals surface area contributed by atoms with Gasteiger partial charge < -0.3 is 14.7 Å². The molecule has 0 saturated carbocycles. The standard InChI is InChI=1S/C67H50N4/c68-51-58(57-16-6-1-7-17-57)50-56-38-48-67(49-39-56)71(65-44-34-54(35-45-65)28-26-52-30-40-63(41-31-52)69(59-18-8-2-9-19-59)60-20-10-3-11-21-60)66-46-36-55(37-47-66)29-27-53-32-42-64(43-33-53)70(61-22-12-4-13-23-61)62-24-14-5-15-25-62/h1-50H/b28-26+,29-27+,58-50-. The van der Waals surface area contributed by atoms with Gasteiger partial charge >= 0.3 is 0 Å². The molecule has 0 aromatic heterocycles. The van der Waals surface area contributed by atoms with Crippen molar-refractivity contribution in [3.63, 3.8) is 0 Å². The summed E-state index contributed by atoms with van der Waals surface area (Å²) in [5, 5.41) is 10.0. The summed E-state index contributed by atoms with van der Waals surface area (Å²) < 4.78 is 0. The highest BCUT2D eigenvalue weighted by Crippen LogP contribution is 2.38. The molecule has 4 heteroatoms. The van der Waals surface area contributed by atoms with Crippen LogP contribution < -0.4 is 14.7 Å². The van der Waals surface area contributed by atoms with Gasteiger partial charge in [0.05, 0.1) is 11.6 Å². The largest absolute Gasteiger partial charge is 0.311 e. The van der Waals surface area contributed by atoms with Gasteiger partial charge in [0.2, 0.25) is 0 Å². The molecule has 10 rings (SSSR count). The fourth-order valence-electron chi connectivity index (χ4n) is 8.66. The van der Waals surface area contributed by atoms with Crippen LogP contribution in [-0.2, 0) is 0 Å². The number of nitrogens with zero attached hydrogens (tertiary/aromatic N) is 4. The van der Waals surface area contributed by atoms with Crippen molar-refractivity contribution in [1.29, 1.82) is 5.26 Å². The van der Waals surface area contributed by atoms with Crippen LogP contribution >= 0.6 is 0 Å². The summed E-state index contributed by atoms with van der Waals surface area (Å²) in [5.74, 6) is 0. The summed E-state index contributed by atoms with van der Waals surface area (Å²) in [6, 6.07) is 97.2. The summed E-state index contributed by atoms with van der Waals surface area (Å²) in [6.07, 6.45) is 10.6. The Morgan fingerprint density at radius 1 is 0.254 bits per heavy atom. The summed E-state index contributed by atoms with van der Waals surface area (Å²) in [7, 11) is 0. The number of rotatable bonds is 15. The molecule has 0 N–H and O–H groups in total. The predicted octanol–water partition coefficient (Wildman–Crippen LogP) is 18.5. The van der Waals surface area contributed by atoms with E-state index in [1.165, 1.54) is 0 Å². The Morgan fingerprint density at radius 3 is 0.704 bits per heavy atom. The summed E-state index contributed by atoms with van der Waals surface area (Å²) >= 11 is 0. The van der Waals surface area contributed by atoms with Crippen molar-refractivity contribution in [2.45, 2.75) is 0 Å². The third-order valence-corrected chi connectivity index (χ3v) is 12.3. The maximum atomic E-state index is 10.0. The first-order chi connectivity index (χ1) is 35.1. The molecule has 0 atom stereocenters. The SMILES string of the molecule is N#C/C(=C/c1ccc(N(c2ccc(/C=C/c3ccc(N(c4ccccc4)c4ccccc4)cc3)cc2)c2ccc(/C=C/c3ccc(N(c4ccccc4)c4ccccc4)cc3)cc2)cc1)c1ccccc1. The van der Waals surface area contributed by atoms with Gasteiger partial charge in [0.1, 0.15) is 0 Å². The first-order valence-corrected chi connectivity index (χ1v) is 23.8. The number of para-hydroxylation sites is 4. The summed E-state index contributed by atoms with van der Waals surface area (Å²) in [4.78, 5) is 6.81. The van der Waals surface area contributed by atoms with Gasteiger partial charge in [0, 0.05) is 51.2 Å². The third kappa shape index (κ3) is 11.0. The molecule has 0 heterocycles. The summed E-state index contributed by atoms with van der Waals surface area (Å²) in [5.41, 5.74) is 16.6. The van der Waals surface area contributed by atoms with Gasteiger partial charge in [-0.2, -0.15) is 5.26 Å². The van der Waals surface area contributed by atoms with Gasteiger partial charge in [-0.05, 0) is 149 Å². The van der Waals surface area contributed by atoms with Crippen molar-refractivity contribution in [3.05, 3.63) is 306 Å². The monoisotopic (exact) mass is 910 g/mol. The minimum absolute atomic E-state index is 0.622. The number of anilines is 9. The summed E-state index contributed by atoms with van der Waals surface area (Å²) in [6.45, 7) is 0. The molecule has 0 bridgehead atoms. The normalized spacial score (nSPS) is 11.3. The first kappa shape index (κ1) is 45.1. The third-order valence-electron chi connectivity index (χ3n) is 12.3. The highest BCUT2D eigenvalue weighted by molar-refractivity contribution is 5.90. The van der Waals surface area contributed by atoms with Crippen molar-refractivity contribution in [3.8, 4) is 6.07 Å². The Labute approximate surface area is 417 Å². The molecule has 0 amide bonds. The number of hydrogen-bond acceptors (Lipinski definition) is 4. The smallest absolute Gasteiger partial charge is 0.0998 e.